The smallest absolute Gasteiger partial charge is 0.308 e. The van der Waals surface area contributed by atoms with Gasteiger partial charge in [0.25, 0.3) is 0 Å². The molecule has 146 valence electrons. The average Bonchev–Trinajstić information content (AvgIpc) is 2.98. The molecule has 3 fully saturated rings. The van der Waals surface area contributed by atoms with Crippen LogP contribution in [0.15, 0.2) is 11.6 Å². The van der Waals surface area contributed by atoms with Crippen LogP contribution in [0.2, 0.25) is 0 Å². The standard InChI is InChI=1S/C23H36O3/c1-14(21(25)26-4)18-7-8-19-17-6-5-15-13-16(24)9-11-22(15,2)20(17)10-12-23(18,19)3/h5,14,16-20,24H,6-13H2,1-4H3/t14-,16-,17-,18+,19-,20-,22-,23+/m0/s1. The molecular weight excluding hydrogens is 324 g/mol. The van der Waals surface area contributed by atoms with Gasteiger partial charge >= 0.3 is 5.97 Å². The van der Waals surface area contributed by atoms with E-state index in [0.717, 1.165) is 37.0 Å². The Hall–Kier alpha value is -0.830. The SMILES string of the molecule is COC(=O)[C@@H](C)[C@H]1CC[C@H]2[C@@H]3CC=C4C[C@@H](O)CC[C@]4(C)[C@H]3CC[C@]12C. The van der Waals surface area contributed by atoms with Crippen LogP contribution in [0, 0.1) is 40.4 Å². The van der Waals surface area contributed by atoms with Crippen molar-refractivity contribution in [1.29, 1.82) is 0 Å². The predicted octanol–water partition coefficient (Wildman–Crippen LogP) is 4.74. The van der Waals surface area contributed by atoms with Gasteiger partial charge in [-0.25, -0.2) is 0 Å². The molecule has 0 radical (unpaired) electrons. The third kappa shape index (κ3) is 2.52. The number of carbonyl (C=O) groups excluding carboxylic acids is 1. The maximum atomic E-state index is 12.2. The molecule has 8 atom stereocenters. The molecule has 0 spiro atoms. The Balaban J connectivity index is 1.61. The highest BCUT2D eigenvalue weighted by Crippen LogP contribution is 2.67. The minimum Gasteiger partial charge on any atom is -0.469 e. The summed E-state index contributed by atoms with van der Waals surface area (Å²) in [4.78, 5) is 12.2. The Bertz CT molecular complexity index is 611. The van der Waals surface area contributed by atoms with Crippen LogP contribution >= 0.6 is 0 Å². The van der Waals surface area contributed by atoms with Crippen molar-refractivity contribution in [1.82, 2.24) is 0 Å². The molecule has 0 aromatic heterocycles. The fourth-order valence-electron chi connectivity index (χ4n) is 7.85. The third-order valence-electron chi connectivity index (χ3n) is 9.33. The van der Waals surface area contributed by atoms with E-state index in [0.29, 0.717) is 11.3 Å². The lowest BCUT2D eigenvalue weighted by atomic mass is 9.47. The lowest BCUT2D eigenvalue weighted by Gasteiger charge is -2.58. The Kier molecular flexibility index (Phi) is 4.53. The summed E-state index contributed by atoms with van der Waals surface area (Å²) in [5.41, 5.74) is 2.12. The molecule has 0 amide bonds. The summed E-state index contributed by atoms with van der Waals surface area (Å²) in [5, 5.41) is 10.1. The molecule has 0 aromatic carbocycles. The van der Waals surface area contributed by atoms with Gasteiger partial charge in [-0.3, -0.25) is 4.79 Å². The largest absolute Gasteiger partial charge is 0.469 e. The lowest BCUT2D eigenvalue weighted by Crippen LogP contribution is -2.51. The van der Waals surface area contributed by atoms with E-state index in [9.17, 15) is 9.90 Å². The molecule has 0 bridgehead atoms. The highest BCUT2D eigenvalue weighted by Gasteiger charge is 2.59. The van der Waals surface area contributed by atoms with Gasteiger partial charge in [-0.1, -0.05) is 32.4 Å². The van der Waals surface area contributed by atoms with Gasteiger partial charge in [0.05, 0.1) is 19.1 Å². The minimum absolute atomic E-state index is 0.0154. The molecule has 26 heavy (non-hydrogen) atoms. The van der Waals surface area contributed by atoms with Crippen LogP contribution < -0.4 is 0 Å². The lowest BCUT2D eigenvalue weighted by molar-refractivity contribution is -0.149. The van der Waals surface area contributed by atoms with E-state index in [1.54, 1.807) is 5.57 Å². The topological polar surface area (TPSA) is 46.5 Å². The average molecular weight is 361 g/mol. The monoisotopic (exact) mass is 360 g/mol. The molecule has 0 heterocycles. The Labute approximate surface area is 158 Å². The summed E-state index contributed by atoms with van der Waals surface area (Å²) < 4.78 is 5.08. The fourth-order valence-corrected chi connectivity index (χ4v) is 7.85. The maximum absolute atomic E-state index is 12.2. The summed E-state index contributed by atoms with van der Waals surface area (Å²) >= 11 is 0. The number of allylic oxidation sites excluding steroid dienone is 1. The Morgan fingerprint density at radius 2 is 1.96 bits per heavy atom. The van der Waals surface area contributed by atoms with E-state index in [-0.39, 0.29) is 23.4 Å². The quantitative estimate of drug-likeness (QED) is 0.572. The molecule has 4 rings (SSSR count). The van der Waals surface area contributed by atoms with Crippen molar-refractivity contribution >= 4 is 5.97 Å². The summed E-state index contributed by atoms with van der Waals surface area (Å²) in [6.07, 6.45) is 11.5. The zero-order chi connectivity index (χ0) is 18.7. The van der Waals surface area contributed by atoms with Crippen LogP contribution in [-0.4, -0.2) is 24.3 Å². The van der Waals surface area contributed by atoms with Crippen molar-refractivity contribution in [3.63, 3.8) is 0 Å². The number of ether oxygens (including phenoxy) is 1. The number of aliphatic hydroxyl groups is 1. The molecular formula is C23H36O3. The van der Waals surface area contributed by atoms with E-state index < -0.39 is 0 Å². The van der Waals surface area contributed by atoms with Crippen LogP contribution in [0.5, 0.6) is 0 Å². The van der Waals surface area contributed by atoms with Gasteiger partial charge in [-0.15, -0.1) is 0 Å². The first-order chi connectivity index (χ1) is 12.3. The number of hydrogen-bond acceptors (Lipinski definition) is 3. The minimum atomic E-state index is -0.128. The van der Waals surface area contributed by atoms with Crippen LogP contribution in [0.3, 0.4) is 0 Å². The summed E-state index contributed by atoms with van der Waals surface area (Å²) in [6, 6.07) is 0. The second-order valence-corrected chi connectivity index (χ2v) is 10.2. The summed E-state index contributed by atoms with van der Waals surface area (Å²) in [5.74, 6) is 2.71. The van der Waals surface area contributed by atoms with Gasteiger partial charge in [0, 0.05) is 0 Å². The van der Waals surface area contributed by atoms with E-state index in [2.05, 4.69) is 26.8 Å². The first-order valence-electron chi connectivity index (χ1n) is 10.8. The van der Waals surface area contributed by atoms with Crippen LogP contribution in [0.25, 0.3) is 0 Å². The van der Waals surface area contributed by atoms with Gasteiger partial charge in [0.1, 0.15) is 0 Å². The zero-order valence-electron chi connectivity index (χ0n) is 17.0. The highest BCUT2D eigenvalue weighted by molar-refractivity contribution is 5.72. The molecule has 3 saturated carbocycles. The van der Waals surface area contributed by atoms with Gasteiger partial charge in [-0.05, 0) is 85.9 Å². The number of aliphatic hydroxyl groups excluding tert-OH is 1. The van der Waals surface area contributed by atoms with Crippen molar-refractivity contribution in [2.75, 3.05) is 7.11 Å². The van der Waals surface area contributed by atoms with Gasteiger partial charge < -0.3 is 9.84 Å². The number of carbonyl (C=O) groups is 1. The Morgan fingerprint density at radius 3 is 2.69 bits per heavy atom. The molecule has 0 saturated heterocycles. The van der Waals surface area contributed by atoms with E-state index in [4.69, 9.17) is 4.74 Å². The molecule has 1 N–H and O–H groups in total. The van der Waals surface area contributed by atoms with E-state index in [1.165, 1.54) is 39.2 Å². The second-order valence-electron chi connectivity index (χ2n) is 10.2. The molecule has 3 heteroatoms. The fraction of sp³-hybridized carbons (Fsp3) is 0.870. The van der Waals surface area contributed by atoms with Crippen molar-refractivity contribution in [3.05, 3.63) is 11.6 Å². The molecule has 4 aliphatic carbocycles. The predicted molar refractivity (Wildman–Crippen MR) is 102 cm³/mol. The molecule has 3 nitrogen and oxygen atoms in total. The van der Waals surface area contributed by atoms with Crippen LogP contribution in [0.4, 0.5) is 0 Å². The van der Waals surface area contributed by atoms with Crippen LogP contribution in [0.1, 0.15) is 72.1 Å². The van der Waals surface area contributed by atoms with Gasteiger partial charge in [0.15, 0.2) is 0 Å². The van der Waals surface area contributed by atoms with E-state index >= 15 is 0 Å². The molecule has 0 unspecified atom stereocenters. The first kappa shape index (κ1) is 18.5. The zero-order valence-corrected chi connectivity index (χ0v) is 17.0. The maximum Gasteiger partial charge on any atom is 0.308 e. The van der Waals surface area contributed by atoms with Gasteiger partial charge in [-0.2, -0.15) is 0 Å². The van der Waals surface area contributed by atoms with E-state index in [1.807, 2.05) is 0 Å². The first-order valence-corrected chi connectivity index (χ1v) is 10.8. The summed E-state index contributed by atoms with van der Waals surface area (Å²) in [7, 11) is 1.52. The number of fused-ring (bicyclic) bond motifs is 5. The van der Waals surface area contributed by atoms with Crippen molar-refractivity contribution < 1.29 is 14.6 Å². The second kappa shape index (κ2) is 6.36. The third-order valence-corrected chi connectivity index (χ3v) is 9.33. The number of hydrogen-bond donors (Lipinski definition) is 1. The van der Waals surface area contributed by atoms with Crippen LogP contribution in [-0.2, 0) is 9.53 Å². The molecule has 4 aliphatic rings. The summed E-state index contributed by atoms with van der Waals surface area (Å²) in [6.45, 7) is 7.03. The highest BCUT2D eigenvalue weighted by atomic mass is 16.5. The number of methoxy groups -OCH3 is 1. The van der Waals surface area contributed by atoms with Crippen molar-refractivity contribution in [3.8, 4) is 0 Å². The normalized spacial score (nSPS) is 48.7. The van der Waals surface area contributed by atoms with Crippen molar-refractivity contribution in [2.45, 2.75) is 78.2 Å². The number of esters is 1. The Morgan fingerprint density at radius 1 is 1.19 bits per heavy atom. The molecule has 0 aliphatic heterocycles. The van der Waals surface area contributed by atoms with Gasteiger partial charge in [0.2, 0.25) is 0 Å². The number of rotatable bonds is 2. The van der Waals surface area contributed by atoms with Crippen molar-refractivity contribution in [2.24, 2.45) is 40.4 Å². The molecule has 0 aromatic rings.